The molecule has 2 aromatic rings. The zero-order chi connectivity index (χ0) is 16.1. The molecular weight excluding hydrogens is 280 g/mol. The number of carboxylic acid groups (broad SMARTS) is 1. The van der Waals surface area contributed by atoms with Crippen LogP contribution in [-0.4, -0.2) is 40.5 Å². The molecular formula is C17H22N2O3. The third kappa shape index (κ3) is 4.10. The zero-order valence-corrected chi connectivity index (χ0v) is 13.1. The van der Waals surface area contributed by atoms with Crippen molar-refractivity contribution in [2.45, 2.75) is 32.6 Å². The van der Waals surface area contributed by atoms with Gasteiger partial charge in [-0.05, 0) is 37.5 Å². The molecule has 22 heavy (non-hydrogen) atoms. The van der Waals surface area contributed by atoms with Crippen LogP contribution < -0.4 is 0 Å². The predicted octanol–water partition coefficient (Wildman–Crippen LogP) is 2.73. The molecule has 0 atom stereocenters. The summed E-state index contributed by atoms with van der Waals surface area (Å²) in [5.74, 6) is -0.776. The van der Waals surface area contributed by atoms with Crippen molar-refractivity contribution in [2.24, 2.45) is 0 Å². The highest BCUT2D eigenvalue weighted by atomic mass is 16.4. The minimum Gasteiger partial charge on any atom is -0.481 e. The Hall–Kier alpha value is -2.30. The first-order valence-electron chi connectivity index (χ1n) is 7.49. The lowest BCUT2D eigenvalue weighted by atomic mass is 10.1. The van der Waals surface area contributed by atoms with Crippen molar-refractivity contribution >= 4 is 22.8 Å². The molecule has 0 unspecified atom stereocenters. The molecule has 0 radical (unpaired) electrons. The van der Waals surface area contributed by atoms with Gasteiger partial charge in [-0.2, -0.15) is 0 Å². The van der Waals surface area contributed by atoms with Gasteiger partial charge in [0.25, 0.3) is 0 Å². The van der Waals surface area contributed by atoms with Crippen LogP contribution in [0.1, 0.15) is 30.4 Å². The van der Waals surface area contributed by atoms with Crippen molar-refractivity contribution in [3.8, 4) is 0 Å². The van der Waals surface area contributed by atoms with Crippen molar-refractivity contribution in [1.29, 1.82) is 0 Å². The Labute approximate surface area is 129 Å². The van der Waals surface area contributed by atoms with Crippen molar-refractivity contribution < 1.29 is 14.7 Å². The Morgan fingerprint density at radius 2 is 2.05 bits per heavy atom. The first-order valence-corrected chi connectivity index (χ1v) is 7.49. The number of nitrogens with one attached hydrogen (secondary N) is 1. The quantitative estimate of drug-likeness (QED) is 0.826. The van der Waals surface area contributed by atoms with E-state index < -0.39 is 5.97 Å². The van der Waals surface area contributed by atoms with Crippen molar-refractivity contribution in [2.75, 3.05) is 13.6 Å². The predicted molar refractivity (Wildman–Crippen MR) is 85.9 cm³/mol. The first-order chi connectivity index (χ1) is 10.5. The van der Waals surface area contributed by atoms with Gasteiger partial charge in [0, 0.05) is 43.5 Å². The van der Waals surface area contributed by atoms with E-state index in [1.54, 1.807) is 11.9 Å². The molecule has 1 aromatic carbocycles. The summed E-state index contributed by atoms with van der Waals surface area (Å²) in [5, 5.41) is 9.78. The van der Waals surface area contributed by atoms with Crippen LogP contribution in [0.3, 0.4) is 0 Å². The van der Waals surface area contributed by atoms with Crippen LogP contribution in [0, 0.1) is 6.92 Å². The van der Waals surface area contributed by atoms with Crippen LogP contribution >= 0.6 is 0 Å². The SMILES string of the molecule is Cc1ccc2[nH]cc(CCC(=O)N(C)CCCC(=O)O)c2c1. The number of aromatic amines is 1. The fourth-order valence-corrected chi connectivity index (χ4v) is 2.52. The second-order valence-corrected chi connectivity index (χ2v) is 5.68. The number of benzene rings is 1. The molecule has 5 heteroatoms. The average molecular weight is 302 g/mol. The third-order valence-electron chi connectivity index (χ3n) is 3.84. The van der Waals surface area contributed by atoms with Crippen LogP contribution in [0.25, 0.3) is 10.9 Å². The molecule has 0 aliphatic carbocycles. The number of nitrogens with zero attached hydrogens (tertiary/aromatic N) is 1. The first kappa shape index (κ1) is 16.1. The van der Waals surface area contributed by atoms with E-state index in [2.05, 4.69) is 24.0 Å². The summed E-state index contributed by atoms with van der Waals surface area (Å²) < 4.78 is 0. The highest BCUT2D eigenvalue weighted by Crippen LogP contribution is 2.21. The number of hydrogen-bond donors (Lipinski definition) is 2. The smallest absolute Gasteiger partial charge is 0.303 e. The number of carbonyl (C=O) groups is 2. The minimum absolute atomic E-state index is 0.0485. The van der Waals surface area contributed by atoms with E-state index in [4.69, 9.17) is 5.11 Å². The molecule has 5 nitrogen and oxygen atoms in total. The molecule has 0 aliphatic rings. The van der Waals surface area contributed by atoms with Gasteiger partial charge in [0.2, 0.25) is 5.91 Å². The molecule has 2 rings (SSSR count). The molecule has 1 aromatic heterocycles. The number of hydrogen-bond acceptors (Lipinski definition) is 2. The zero-order valence-electron chi connectivity index (χ0n) is 13.1. The van der Waals surface area contributed by atoms with Crippen LogP contribution in [0.2, 0.25) is 0 Å². The highest BCUT2D eigenvalue weighted by molar-refractivity contribution is 5.84. The van der Waals surface area contributed by atoms with Crippen LogP contribution in [0.15, 0.2) is 24.4 Å². The largest absolute Gasteiger partial charge is 0.481 e. The van der Waals surface area contributed by atoms with Gasteiger partial charge < -0.3 is 15.0 Å². The number of amides is 1. The van der Waals surface area contributed by atoms with Gasteiger partial charge in [0.05, 0.1) is 0 Å². The fraction of sp³-hybridized carbons (Fsp3) is 0.412. The van der Waals surface area contributed by atoms with Gasteiger partial charge in [0.15, 0.2) is 0 Å². The minimum atomic E-state index is -0.824. The lowest BCUT2D eigenvalue weighted by Crippen LogP contribution is -2.28. The molecule has 0 fully saturated rings. The van der Waals surface area contributed by atoms with E-state index in [1.807, 2.05) is 12.3 Å². The van der Waals surface area contributed by atoms with Crippen LogP contribution in [0.4, 0.5) is 0 Å². The maximum Gasteiger partial charge on any atom is 0.303 e. The van der Waals surface area contributed by atoms with Crippen molar-refractivity contribution in [1.82, 2.24) is 9.88 Å². The van der Waals surface area contributed by atoms with E-state index in [-0.39, 0.29) is 12.3 Å². The molecule has 0 aliphatic heterocycles. The van der Waals surface area contributed by atoms with Gasteiger partial charge in [-0.15, -0.1) is 0 Å². The Kier molecular flexibility index (Phi) is 5.20. The number of fused-ring (bicyclic) bond motifs is 1. The number of aryl methyl sites for hydroxylation is 2. The van der Waals surface area contributed by atoms with Crippen molar-refractivity contribution in [3.63, 3.8) is 0 Å². The Bertz CT molecular complexity index is 676. The van der Waals surface area contributed by atoms with E-state index >= 15 is 0 Å². The number of carbonyl (C=O) groups excluding carboxylic acids is 1. The number of carboxylic acids is 1. The molecule has 0 saturated heterocycles. The summed E-state index contributed by atoms with van der Waals surface area (Å²) in [5.41, 5.74) is 3.43. The normalized spacial score (nSPS) is 10.8. The van der Waals surface area contributed by atoms with Gasteiger partial charge >= 0.3 is 5.97 Å². The number of H-pyrrole nitrogens is 1. The van der Waals surface area contributed by atoms with E-state index in [9.17, 15) is 9.59 Å². The van der Waals surface area contributed by atoms with Gasteiger partial charge in [0.1, 0.15) is 0 Å². The lowest BCUT2D eigenvalue weighted by Gasteiger charge is -2.16. The van der Waals surface area contributed by atoms with E-state index in [0.29, 0.717) is 25.8 Å². The van der Waals surface area contributed by atoms with Gasteiger partial charge in [-0.1, -0.05) is 11.6 Å². The maximum absolute atomic E-state index is 12.1. The number of aromatic nitrogens is 1. The standard InChI is InChI=1S/C17H22N2O3/c1-12-5-7-15-14(10-12)13(11-18-15)6-8-16(20)19(2)9-3-4-17(21)22/h5,7,10-11,18H,3-4,6,8-9H2,1-2H3,(H,21,22). The molecule has 1 amide bonds. The summed E-state index contributed by atoms with van der Waals surface area (Å²) in [6.45, 7) is 2.54. The number of rotatable bonds is 7. The van der Waals surface area contributed by atoms with Crippen LogP contribution in [0.5, 0.6) is 0 Å². The topological polar surface area (TPSA) is 73.4 Å². The fourth-order valence-electron chi connectivity index (χ4n) is 2.52. The Balaban J connectivity index is 1.89. The maximum atomic E-state index is 12.1. The van der Waals surface area contributed by atoms with Gasteiger partial charge in [-0.3, -0.25) is 9.59 Å². The summed E-state index contributed by atoms with van der Waals surface area (Å²) in [7, 11) is 1.73. The van der Waals surface area contributed by atoms with Gasteiger partial charge in [-0.25, -0.2) is 0 Å². The van der Waals surface area contributed by atoms with E-state index in [1.165, 1.54) is 10.9 Å². The molecule has 118 valence electrons. The monoisotopic (exact) mass is 302 g/mol. The lowest BCUT2D eigenvalue weighted by molar-refractivity contribution is -0.138. The molecule has 0 saturated carbocycles. The summed E-state index contributed by atoms with van der Waals surface area (Å²) in [4.78, 5) is 27.4. The second-order valence-electron chi connectivity index (χ2n) is 5.68. The Morgan fingerprint density at radius 1 is 1.27 bits per heavy atom. The summed E-state index contributed by atoms with van der Waals surface area (Å²) in [6, 6.07) is 6.24. The van der Waals surface area contributed by atoms with Crippen LogP contribution in [-0.2, 0) is 16.0 Å². The average Bonchev–Trinajstić information content (AvgIpc) is 2.86. The second kappa shape index (κ2) is 7.11. The Morgan fingerprint density at radius 3 is 2.77 bits per heavy atom. The molecule has 0 spiro atoms. The van der Waals surface area contributed by atoms with E-state index in [0.717, 1.165) is 11.1 Å². The third-order valence-corrected chi connectivity index (χ3v) is 3.84. The summed E-state index contributed by atoms with van der Waals surface area (Å²) in [6.07, 6.45) is 3.67. The molecule has 0 bridgehead atoms. The highest BCUT2D eigenvalue weighted by Gasteiger charge is 2.11. The molecule has 2 N–H and O–H groups in total. The number of aliphatic carboxylic acids is 1. The summed E-state index contributed by atoms with van der Waals surface area (Å²) >= 11 is 0. The van der Waals surface area contributed by atoms with Crippen molar-refractivity contribution in [3.05, 3.63) is 35.5 Å². The molecule has 1 heterocycles.